The van der Waals surface area contributed by atoms with E-state index in [2.05, 4.69) is 52.6 Å². The third kappa shape index (κ3) is 5.28. The number of likely N-dealkylation sites (tertiary alicyclic amines) is 1. The van der Waals surface area contributed by atoms with Crippen LogP contribution in [0.4, 0.5) is 0 Å². The van der Waals surface area contributed by atoms with E-state index in [9.17, 15) is 4.79 Å². The Kier molecular flexibility index (Phi) is 6.25. The maximum atomic E-state index is 12.1. The summed E-state index contributed by atoms with van der Waals surface area (Å²) < 4.78 is 0. The summed E-state index contributed by atoms with van der Waals surface area (Å²) in [6, 6.07) is 0. The van der Waals surface area contributed by atoms with Gasteiger partial charge in [-0.3, -0.25) is 4.79 Å². The molecule has 0 bridgehead atoms. The molecule has 1 aliphatic rings. The highest BCUT2D eigenvalue weighted by molar-refractivity contribution is 5.79. The Labute approximate surface area is 125 Å². The third-order valence-corrected chi connectivity index (χ3v) is 4.15. The van der Waals surface area contributed by atoms with Crippen molar-refractivity contribution < 1.29 is 4.79 Å². The smallest absolute Gasteiger partial charge is 0.223 e. The molecule has 116 valence electrons. The molecule has 0 radical (unpaired) electrons. The number of hydrogen-bond acceptors (Lipinski definition) is 2. The van der Waals surface area contributed by atoms with Crippen LogP contribution in [0.5, 0.6) is 0 Å². The van der Waals surface area contributed by atoms with Crippen molar-refractivity contribution in [3.8, 4) is 0 Å². The zero-order chi connectivity index (χ0) is 15.3. The molecule has 1 unspecified atom stereocenters. The number of rotatable bonds is 6. The molecule has 1 heterocycles. The van der Waals surface area contributed by atoms with Crippen molar-refractivity contribution >= 4 is 5.91 Å². The maximum Gasteiger partial charge on any atom is 0.223 e. The summed E-state index contributed by atoms with van der Waals surface area (Å²) in [5, 5.41) is 0. The van der Waals surface area contributed by atoms with Crippen LogP contribution in [0.3, 0.4) is 0 Å². The summed E-state index contributed by atoms with van der Waals surface area (Å²) in [6.07, 6.45) is 5.30. The van der Waals surface area contributed by atoms with Crippen molar-refractivity contribution in [2.75, 3.05) is 26.7 Å². The molecule has 3 heteroatoms. The Balaban J connectivity index is 2.37. The normalized spacial score (nSPS) is 21.1. The first-order valence-corrected chi connectivity index (χ1v) is 7.88. The van der Waals surface area contributed by atoms with Gasteiger partial charge in [0.05, 0.1) is 0 Å². The molecule has 0 saturated carbocycles. The van der Waals surface area contributed by atoms with Gasteiger partial charge in [-0.25, -0.2) is 0 Å². The number of carbonyl (C=O) groups is 1. The Morgan fingerprint density at radius 3 is 2.60 bits per heavy atom. The minimum atomic E-state index is -0.0363. The van der Waals surface area contributed by atoms with Crippen LogP contribution in [-0.2, 0) is 4.79 Å². The molecule has 0 aromatic rings. The van der Waals surface area contributed by atoms with E-state index in [4.69, 9.17) is 0 Å². The van der Waals surface area contributed by atoms with E-state index in [0.29, 0.717) is 18.2 Å². The summed E-state index contributed by atoms with van der Waals surface area (Å²) in [6.45, 7) is 13.8. The highest BCUT2D eigenvalue weighted by atomic mass is 16.2. The van der Waals surface area contributed by atoms with E-state index >= 15 is 0 Å². The van der Waals surface area contributed by atoms with Crippen molar-refractivity contribution in [3.63, 3.8) is 0 Å². The van der Waals surface area contributed by atoms with Crippen molar-refractivity contribution in [1.82, 2.24) is 9.80 Å². The zero-order valence-corrected chi connectivity index (χ0v) is 14.2. The largest absolute Gasteiger partial charge is 0.338 e. The molecule has 0 N–H and O–H groups in total. The van der Waals surface area contributed by atoms with Crippen LogP contribution >= 0.6 is 0 Å². The second kappa shape index (κ2) is 7.26. The molecule has 1 saturated heterocycles. The molecular weight excluding hydrogens is 248 g/mol. The number of carbonyl (C=O) groups excluding carboxylic acids is 1. The van der Waals surface area contributed by atoms with Crippen molar-refractivity contribution in [3.05, 3.63) is 11.6 Å². The Morgan fingerprint density at radius 2 is 2.10 bits per heavy atom. The minimum absolute atomic E-state index is 0.0363. The van der Waals surface area contributed by atoms with Crippen molar-refractivity contribution in [2.24, 2.45) is 5.92 Å². The van der Waals surface area contributed by atoms with Crippen LogP contribution in [0.15, 0.2) is 11.6 Å². The second-order valence-electron chi connectivity index (χ2n) is 7.20. The van der Waals surface area contributed by atoms with E-state index in [1.54, 1.807) is 0 Å². The molecule has 3 nitrogen and oxygen atoms in total. The van der Waals surface area contributed by atoms with E-state index < -0.39 is 0 Å². The summed E-state index contributed by atoms with van der Waals surface area (Å²) in [4.78, 5) is 16.5. The number of allylic oxidation sites excluding steroid dienone is 1. The van der Waals surface area contributed by atoms with Crippen LogP contribution in [-0.4, -0.2) is 47.9 Å². The molecule has 1 rings (SSSR count). The average molecular weight is 280 g/mol. The summed E-state index contributed by atoms with van der Waals surface area (Å²) >= 11 is 0. The average Bonchev–Trinajstić information content (AvgIpc) is 2.69. The first-order chi connectivity index (χ1) is 9.24. The van der Waals surface area contributed by atoms with Gasteiger partial charge in [-0.1, -0.05) is 18.6 Å². The molecule has 1 atom stereocenters. The van der Waals surface area contributed by atoms with Crippen molar-refractivity contribution in [1.29, 1.82) is 0 Å². The lowest BCUT2D eigenvalue weighted by Crippen LogP contribution is -2.42. The fraction of sp³-hybridized carbons (Fsp3) is 0.824. The van der Waals surface area contributed by atoms with Gasteiger partial charge in [0.25, 0.3) is 0 Å². The topological polar surface area (TPSA) is 23.6 Å². The van der Waals surface area contributed by atoms with Gasteiger partial charge >= 0.3 is 0 Å². The second-order valence-corrected chi connectivity index (χ2v) is 7.20. The molecular formula is C17H32N2O. The fourth-order valence-corrected chi connectivity index (χ4v) is 2.76. The third-order valence-electron chi connectivity index (χ3n) is 4.15. The summed E-state index contributed by atoms with van der Waals surface area (Å²) in [5.74, 6) is 0.806. The lowest BCUT2D eigenvalue weighted by atomic mass is 10.1. The summed E-state index contributed by atoms with van der Waals surface area (Å²) in [7, 11) is 2.17. The lowest BCUT2D eigenvalue weighted by molar-refractivity contribution is -0.131. The zero-order valence-electron chi connectivity index (χ0n) is 14.2. The van der Waals surface area contributed by atoms with Crippen LogP contribution in [0, 0.1) is 5.92 Å². The highest BCUT2D eigenvalue weighted by Crippen LogP contribution is 2.26. The minimum Gasteiger partial charge on any atom is -0.338 e. The lowest BCUT2D eigenvalue weighted by Gasteiger charge is -2.32. The first-order valence-electron chi connectivity index (χ1n) is 7.88. The highest BCUT2D eigenvalue weighted by Gasteiger charge is 2.36. The number of amides is 1. The first kappa shape index (κ1) is 17.2. The SMILES string of the molecule is CC/C(C)=C/CCN(C)CC1CC(=O)N(C(C)(C)C)C1. The molecule has 20 heavy (non-hydrogen) atoms. The standard InChI is InChI=1S/C17H32N2O/c1-7-14(2)9-8-10-18(6)12-15-11-16(20)19(13-15)17(3,4)5/h9,15H,7-8,10-13H2,1-6H3/b14-9+. The van der Waals surface area contributed by atoms with Gasteiger partial charge in [0.2, 0.25) is 5.91 Å². The predicted octanol–water partition coefficient (Wildman–Crippen LogP) is 3.31. The van der Waals surface area contributed by atoms with Gasteiger partial charge in [0, 0.05) is 31.6 Å². The van der Waals surface area contributed by atoms with E-state index in [-0.39, 0.29) is 5.54 Å². The van der Waals surface area contributed by atoms with Gasteiger partial charge in [-0.2, -0.15) is 0 Å². The molecule has 0 aliphatic carbocycles. The van der Waals surface area contributed by atoms with Crippen LogP contribution in [0.2, 0.25) is 0 Å². The fourth-order valence-electron chi connectivity index (χ4n) is 2.76. The van der Waals surface area contributed by atoms with Crippen molar-refractivity contribution in [2.45, 2.75) is 59.4 Å². The monoisotopic (exact) mass is 280 g/mol. The van der Waals surface area contributed by atoms with E-state index in [0.717, 1.165) is 32.5 Å². The maximum absolute atomic E-state index is 12.1. The van der Waals surface area contributed by atoms with E-state index in [1.807, 2.05) is 4.90 Å². The quantitative estimate of drug-likeness (QED) is 0.697. The van der Waals surface area contributed by atoms with Gasteiger partial charge < -0.3 is 9.80 Å². The Morgan fingerprint density at radius 1 is 1.45 bits per heavy atom. The molecule has 1 amide bonds. The molecule has 1 fully saturated rings. The van der Waals surface area contributed by atoms with Crippen LogP contribution < -0.4 is 0 Å². The molecule has 0 aromatic carbocycles. The molecule has 1 aliphatic heterocycles. The number of hydrogen-bond donors (Lipinski definition) is 0. The van der Waals surface area contributed by atoms with Crippen LogP contribution in [0.25, 0.3) is 0 Å². The van der Waals surface area contributed by atoms with Gasteiger partial charge in [-0.05, 0) is 53.5 Å². The molecule has 0 spiro atoms. The summed E-state index contributed by atoms with van der Waals surface area (Å²) in [5.41, 5.74) is 1.43. The van der Waals surface area contributed by atoms with Gasteiger partial charge in [0.15, 0.2) is 0 Å². The predicted molar refractivity (Wildman–Crippen MR) is 85.7 cm³/mol. The number of nitrogens with zero attached hydrogens (tertiary/aromatic N) is 2. The van der Waals surface area contributed by atoms with Gasteiger partial charge in [-0.15, -0.1) is 0 Å². The van der Waals surface area contributed by atoms with Gasteiger partial charge in [0.1, 0.15) is 0 Å². The van der Waals surface area contributed by atoms with Crippen LogP contribution in [0.1, 0.15) is 53.9 Å². The Bertz CT molecular complexity index is 354. The van der Waals surface area contributed by atoms with E-state index in [1.165, 1.54) is 5.57 Å². The molecule has 0 aromatic heterocycles. The Hall–Kier alpha value is -0.830.